The summed E-state index contributed by atoms with van der Waals surface area (Å²) in [4.78, 5) is 10.2. The molecular weight excluding hydrogens is 188 g/mol. The zero-order chi connectivity index (χ0) is 10.1. The first-order valence-electron chi connectivity index (χ1n) is 3.90. The molecule has 0 saturated heterocycles. The average molecular weight is 200 g/mol. The lowest BCUT2D eigenvalue weighted by molar-refractivity contribution is -0.383. The maximum absolute atomic E-state index is 10.5. The molecule has 72 valence electrons. The fourth-order valence-electron chi connectivity index (χ4n) is 0.880. The molecule has 0 fully saturated rings. The number of nitrogens with one attached hydrogen (secondary N) is 1. The van der Waals surface area contributed by atoms with Crippen molar-refractivity contribution in [3.05, 3.63) is 21.6 Å². The highest BCUT2D eigenvalue weighted by molar-refractivity contribution is 7.14. The lowest BCUT2D eigenvalue weighted by atomic mass is 10.1. The van der Waals surface area contributed by atoms with Gasteiger partial charge in [-0.1, -0.05) is 0 Å². The molecule has 0 spiro atoms. The molecule has 0 unspecified atom stereocenters. The molecule has 0 bridgehead atoms. The molecular formula is C8H12N2O2S. The van der Waals surface area contributed by atoms with Crippen molar-refractivity contribution in [2.45, 2.75) is 26.3 Å². The van der Waals surface area contributed by atoms with Gasteiger partial charge in [0.05, 0.1) is 4.92 Å². The van der Waals surface area contributed by atoms with Crippen LogP contribution in [0.15, 0.2) is 11.4 Å². The smallest absolute Gasteiger partial charge is 0.303 e. The van der Waals surface area contributed by atoms with Crippen LogP contribution in [0, 0.1) is 10.1 Å². The van der Waals surface area contributed by atoms with Gasteiger partial charge in [-0.05, 0) is 26.2 Å². The molecule has 0 saturated carbocycles. The lowest BCUT2D eigenvalue weighted by Crippen LogP contribution is -2.25. The van der Waals surface area contributed by atoms with Crippen molar-refractivity contribution in [3.8, 4) is 0 Å². The number of hydrogen-bond acceptors (Lipinski definition) is 4. The van der Waals surface area contributed by atoms with E-state index in [0.29, 0.717) is 5.00 Å². The van der Waals surface area contributed by atoms with Gasteiger partial charge in [0.2, 0.25) is 0 Å². The summed E-state index contributed by atoms with van der Waals surface area (Å²) in [5.41, 5.74) is 0.00947. The van der Waals surface area contributed by atoms with Gasteiger partial charge in [0.25, 0.3) is 0 Å². The predicted molar refractivity (Wildman–Crippen MR) is 54.3 cm³/mol. The third kappa shape index (κ3) is 2.69. The van der Waals surface area contributed by atoms with E-state index in [1.165, 1.54) is 17.4 Å². The minimum atomic E-state index is -0.370. The third-order valence-electron chi connectivity index (χ3n) is 1.33. The fourth-order valence-corrected chi connectivity index (χ4v) is 1.84. The Morgan fingerprint density at radius 1 is 1.54 bits per heavy atom. The molecule has 0 aromatic carbocycles. The van der Waals surface area contributed by atoms with E-state index >= 15 is 0 Å². The Morgan fingerprint density at radius 3 is 2.62 bits per heavy atom. The summed E-state index contributed by atoms with van der Waals surface area (Å²) < 4.78 is 0. The lowest BCUT2D eigenvalue weighted by Gasteiger charge is -2.19. The number of hydrogen-bond donors (Lipinski definition) is 1. The zero-order valence-electron chi connectivity index (χ0n) is 7.83. The minimum absolute atomic E-state index is 0.143. The van der Waals surface area contributed by atoms with Crippen LogP contribution in [0.5, 0.6) is 0 Å². The van der Waals surface area contributed by atoms with E-state index in [1.54, 1.807) is 5.38 Å². The van der Waals surface area contributed by atoms with Crippen LogP contribution in [0.25, 0.3) is 0 Å². The highest BCUT2D eigenvalue weighted by atomic mass is 32.1. The topological polar surface area (TPSA) is 55.2 Å². The van der Waals surface area contributed by atoms with E-state index in [0.717, 1.165) is 0 Å². The number of anilines is 1. The third-order valence-corrected chi connectivity index (χ3v) is 2.15. The quantitative estimate of drug-likeness (QED) is 0.590. The summed E-state index contributed by atoms with van der Waals surface area (Å²) in [7, 11) is 0. The molecule has 1 rings (SSSR count). The summed E-state index contributed by atoms with van der Waals surface area (Å²) in [5.74, 6) is 0. The molecule has 0 aliphatic carbocycles. The highest BCUT2D eigenvalue weighted by Gasteiger charge is 2.19. The van der Waals surface area contributed by atoms with Gasteiger partial charge in [-0.2, -0.15) is 0 Å². The average Bonchev–Trinajstić information content (AvgIpc) is 2.31. The van der Waals surface area contributed by atoms with Crippen LogP contribution in [-0.2, 0) is 0 Å². The number of nitro groups is 1. The first kappa shape index (κ1) is 9.98. The van der Waals surface area contributed by atoms with E-state index < -0.39 is 0 Å². The van der Waals surface area contributed by atoms with Crippen LogP contribution >= 0.6 is 11.3 Å². The van der Waals surface area contributed by atoms with E-state index in [9.17, 15) is 10.1 Å². The van der Waals surface area contributed by atoms with Gasteiger partial charge >= 0.3 is 5.69 Å². The second-order valence-corrected chi connectivity index (χ2v) is 4.68. The van der Waals surface area contributed by atoms with Gasteiger partial charge in [0.15, 0.2) is 5.00 Å². The zero-order valence-corrected chi connectivity index (χ0v) is 8.64. The summed E-state index contributed by atoms with van der Waals surface area (Å²) in [6, 6.07) is 1.51. The Labute approximate surface area is 80.7 Å². The van der Waals surface area contributed by atoms with E-state index in [-0.39, 0.29) is 16.1 Å². The monoisotopic (exact) mass is 200 g/mol. The van der Waals surface area contributed by atoms with Gasteiger partial charge in [0.1, 0.15) is 0 Å². The highest BCUT2D eigenvalue weighted by Crippen LogP contribution is 2.32. The maximum Gasteiger partial charge on any atom is 0.303 e. The molecule has 0 atom stereocenters. The van der Waals surface area contributed by atoms with Crippen molar-refractivity contribution in [2.24, 2.45) is 0 Å². The van der Waals surface area contributed by atoms with E-state index in [2.05, 4.69) is 5.32 Å². The SMILES string of the molecule is CC(C)(C)Nc1sccc1[N+](=O)[O-]. The molecule has 0 aliphatic rings. The summed E-state index contributed by atoms with van der Waals surface area (Å²) >= 11 is 1.35. The normalized spacial score (nSPS) is 11.3. The minimum Gasteiger partial charge on any atom is -0.367 e. The van der Waals surface area contributed by atoms with Crippen LogP contribution in [-0.4, -0.2) is 10.5 Å². The molecule has 0 amide bonds. The second-order valence-electron chi connectivity index (χ2n) is 3.77. The van der Waals surface area contributed by atoms with Crippen LogP contribution < -0.4 is 5.32 Å². The Morgan fingerprint density at radius 2 is 2.15 bits per heavy atom. The van der Waals surface area contributed by atoms with Gasteiger partial charge in [-0.3, -0.25) is 10.1 Å². The Balaban J connectivity index is 2.89. The molecule has 1 N–H and O–H groups in total. The van der Waals surface area contributed by atoms with Crippen molar-refractivity contribution < 1.29 is 4.92 Å². The number of thiophene rings is 1. The summed E-state index contributed by atoms with van der Waals surface area (Å²) in [5, 5.41) is 16.0. The number of rotatable bonds is 2. The van der Waals surface area contributed by atoms with Crippen molar-refractivity contribution >= 4 is 22.0 Å². The molecule has 5 heteroatoms. The maximum atomic E-state index is 10.5. The Bertz CT molecular complexity index is 314. The molecule has 0 aliphatic heterocycles. The van der Waals surface area contributed by atoms with Crippen molar-refractivity contribution in [3.63, 3.8) is 0 Å². The van der Waals surface area contributed by atoms with Crippen molar-refractivity contribution in [1.82, 2.24) is 0 Å². The standard InChI is InChI=1S/C8H12N2O2S/c1-8(2,3)9-7-6(10(11)12)4-5-13-7/h4-5,9H,1-3H3. The van der Waals surface area contributed by atoms with E-state index in [4.69, 9.17) is 0 Å². The van der Waals surface area contributed by atoms with Crippen molar-refractivity contribution in [1.29, 1.82) is 0 Å². The van der Waals surface area contributed by atoms with Gasteiger partial charge in [-0.25, -0.2) is 0 Å². The second kappa shape index (κ2) is 3.33. The fraction of sp³-hybridized carbons (Fsp3) is 0.500. The van der Waals surface area contributed by atoms with Crippen LogP contribution in [0.2, 0.25) is 0 Å². The molecule has 1 heterocycles. The Hall–Kier alpha value is -1.10. The molecule has 4 nitrogen and oxygen atoms in total. The van der Waals surface area contributed by atoms with Crippen LogP contribution in [0.1, 0.15) is 20.8 Å². The Kier molecular flexibility index (Phi) is 2.56. The molecule has 1 aromatic rings. The van der Waals surface area contributed by atoms with Gasteiger partial charge in [-0.15, -0.1) is 11.3 Å². The summed E-state index contributed by atoms with van der Waals surface area (Å²) in [6.07, 6.45) is 0. The van der Waals surface area contributed by atoms with Crippen LogP contribution in [0.4, 0.5) is 10.7 Å². The molecule has 1 aromatic heterocycles. The number of nitrogens with zero attached hydrogens (tertiary/aromatic N) is 1. The van der Waals surface area contributed by atoms with Crippen LogP contribution in [0.3, 0.4) is 0 Å². The first-order chi connectivity index (χ1) is 5.90. The molecule has 13 heavy (non-hydrogen) atoms. The van der Waals surface area contributed by atoms with Gasteiger partial charge in [0, 0.05) is 11.6 Å². The summed E-state index contributed by atoms with van der Waals surface area (Å²) in [6.45, 7) is 5.91. The molecule has 0 radical (unpaired) electrons. The van der Waals surface area contributed by atoms with Crippen molar-refractivity contribution in [2.75, 3.05) is 5.32 Å². The first-order valence-corrected chi connectivity index (χ1v) is 4.78. The predicted octanol–water partition coefficient (Wildman–Crippen LogP) is 2.87. The van der Waals surface area contributed by atoms with Gasteiger partial charge < -0.3 is 5.32 Å². The van der Waals surface area contributed by atoms with E-state index in [1.807, 2.05) is 20.8 Å². The largest absolute Gasteiger partial charge is 0.367 e.